The first-order chi connectivity index (χ1) is 9.01. The molecule has 0 saturated carbocycles. The van der Waals surface area contributed by atoms with E-state index in [2.05, 4.69) is 29.4 Å². The predicted octanol–water partition coefficient (Wildman–Crippen LogP) is 1.39. The van der Waals surface area contributed by atoms with Crippen molar-refractivity contribution in [2.24, 2.45) is 11.3 Å². The number of hydrogen-bond acceptors (Lipinski definition) is 3. The molecule has 0 bridgehead atoms. The molecule has 1 unspecified atom stereocenters. The third kappa shape index (κ3) is 3.15. The second-order valence-electron chi connectivity index (χ2n) is 6.03. The van der Waals surface area contributed by atoms with Gasteiger partial charge in [-0.15, -0.1) is 0 Å². The first-order valence-electron chi connectivity index (χ1n) is 6.95. The second-order valence-corrected chi connectivity index (χ2v) is 6.03. The molecule has 19 heavy (non-hydrogen) atoms. The smallest absolute Gasteiger partial charge is 0.228 e. The van der Waals surface area contributed by atoms with Crippen LogP contribution in [0.15, 0.2) is 12.4 Å². The normalized spacial score (nSPS) is 20.3. The van der Waals surface area contributed by atoms with Crippen LogP contribution in [0.25, 0.3) is 0 Å². The first kappa shape index (κ1) is 14.1. The van der Waals surface area contributed by atoms with Crippen molar-refractivity contribution in [3.63, 3.8) is 0 Å². The molecule has 106 valence electrons. The Labute approximate surface area is 114 Å². The molecule has 1 aliphatic heterocycles. The third-order valence-electron chi connectivity index (χ3n) is 4.19. The van der Waals surface area contributed by atoms with Crippen LogP contribution in [0.5, 0.6) is 0 Å². The van der Waals surface area contributed by atoms with Crippen LogP contribution in [-0.4, -0.2) is 41.1 Å². The summed E-state index contributed by atoms with van der Waals surface area (Å²) in [4.78, 5) is 14.5. The van der Waals surface area contributed by atoms with Crippen LogP contribution in [0.3, 0.4) is 0 Å². The van der Waals surface area contributed by atoms with Gasteiger partial charge < -0.3 is 10.2 Å². The summed E-state index contributed by atoms with van der Waals surface area (Å²) in [5, 5.41) is 10.1. The minimum absolute atomic E-state index is 0.211. The Kier molecular flexibility index (Phi) is 4.24. The van der Waals surface area contributed by atoms with Gasteiger partial charge in [-0.3, -0.25) is 9.89 Å². The summed E-state index contributed by atoms with van der Waals surface area (Å²) in [5.41, 5.74) is 0.722. The Balaban J connectivity index is 2.00. The van der Waals surface area contributed by atoms with Crippen LogP contribution in [0.4, 0.5) is 0 Å². The zero-order chi connectivity index (χ0) is 13.9. The van der Waals surface area contributed by atoms with E-state index in [0.717, 1.165) is 31.5 Å². The van der Waals surface area contributed by atoms with Gasteiger partial charge in [0.15, 0.2) is 0 Å². The van der Waals surface area contributed by atoms with E-state index >= 15 is 0 Å². The van der Waals surface area contributed by atoms with Crippen molar-refractivity contribution in [1.82, 2.24) is 20.4 Å². The highest BCUT2D eigenvalue weighted by Gasteiger charge is 2.38. The molecule has 1 saturated heterocycles. The van der Waals surface area contributed by atoms with Crippen molar-refractivity contribution < 1.29 is 4.79 Å². The van der Waals surface area contributed by atoms with Crippen molar-refractivity contribution in [2.45, 2.75) is 33.2 Å². The molecule has 5 nitrogen and oxygen atoms in total. The lowest BCUT2D eigenvalue weighted by Gasteiger charge is -2.38. The summed E-state index contributed by atoms with van der Waals surface area (Å²) in [6.45, 7) is 6.76. The largest absolute Gasteiger partial charge is 0.341 e. The van der Waals surface area contributed by atoms with Gasteiger partial charge in [0.25, 0.3) is 0 Å². The Morgan fingerprint density at radius 3 is 2.95 bits per heavy atom. The van der Waals surface area contributed by atoms with Crippen LogP contribution < -0.4 is 5.32 Å². The van der Waals surface area contributed by atoms with E-state index in [-0.39, 0.29) is 11.3 Å². The van der Waals surface area contributed by atoms with Crippen molar-refractivity contribution in [3.8, 4) is 0 Å². The van der Waals surface area contributed by atoms with E-state index in [4.69, 9.17) is 0 Å². The topological polar surface area (TPSA) is 61.0 Å². The summed E-state index contributed by atoms with van der Waals surface area (Å²) < 4.78 is 0. The van der Waals surface area contributed by atoms with E-state index in [1.807, 2.05) is 13.2 Å². The number of H-pyrrole nitrogens is 1. The molecule has 1 aliphatic rings. The molecule has 1 aromatic rings. The van der Waals surface area contributed by atoms with Gasteiger partial charge in [-0.1, -0.05) is 13.8 Å². The molecule has 1 atom stereocenters. The molecule has 1 fully saturated rings. The van der Waals surface area contributed by atoms with Gasteiger partial charge in [0.1, 0.15) is 0 Å². The average Bonchev–Trinajstić information content (AvgIpc) is 2.91. The Morgan fingerprint density at radius 1 is 1.58 bits per heavy atom. The third-order valence-corrected chi connectivity index (χ3v) is 4.19. The van der Waals surface area contributed by atoms with Crippen molar-refractivity contribution in [1.29, 1.82) is 0 Å². The molecular weight excluding hydrogens is 240 g/mol. The van der Waals surface area contributed by atoms with Crippen LogP contribution in [0.2, 0.25) is 0 Å². The number of piperidine rings is 1. The molecule has 1 amide bonds. The van der Waals surface area contributed by atoms with Gasteiger partial charge in [0.2, 0.25) is 5.91 Å². The Morgan fingerprint density at radius 2 is 2.37 bits per heavy atom. The van der Waals surface area contributed by atoms with E-state index in [9.17, 15) is 4.79 Å². The van der Waals surface area contributed by atoms with Crippen molar-refractivity contribution >= 4 is 5.91 Å². The molecular formula is C14H24N4O. The fraction of sp³-hybridized carbons (Fsp3) is 0.714. The van der Waals surface area contributed by atoms with Gasteiger partial charge in [-0.2, -0.15) is 5.10 Å². The van der Waals surface area contributed by atoms with E-state index in [0.29, 0.717) is 12.5 Å². The number of aromatic amines is 1. The zero-order valence-electron chi connectivity index (χ0n) is 12.1. The van der Waals surface area contributed by atoms with Crippen LogP contribution in [-0.2, 0) is 11.3 Å². The number of nitrogens with zero attached hydrogens (tertiary/aromatic N) is 2. The highest BCUT2D eigenvalue weighted by atomic mass is 16.2. The lowest BCUT2D eigenvalue weighted by atomic mass is 9.74. The zero-order valence-corrected chi connectivity index (χ0v) is 12.1. The number of carbonyl (C=O) groups excluding carboxylic acids is 1. The minimum Gasteiger partial charge on any atom is -0.341 e. The monoisotopic (exact) mass is 264 g/mol. The van der Waals surface area contributed by atoms with Gasteiger partial charge in [-0.05, 0) is 31.8 Å². The number of rotatable bonds is 4. The molecule has 5 heteroatoms. The summed E-state index contributed by atoms with van der Waals surface area (Å²) in [5.74, 6) is 0.628. The molecule has 0 aliphatic carbocycles. The van der Waals surface area contributed by atoms with Gasteiger partial charge in [-0.25, -0.2) is 0 Å². The van der Waals surface area contributed by atoms with Crippen LogP contribution >= 0.6 is 0 Å². The molecule has 2 heterocycles. The number of hydrogen-bond donors (Lipinski definition) is 2. The van der Waals surface area contributed by atoms with Gasteiger partial charge >= 0.3 is 0 Å². The summed E-state index contributed by atoms with van der Waals surface area (Å²) in [7, 11) is 1.87. The molecule has 1 aromatic heterocycles. The predicted molar refractivity (Wildman–Crippen MR) is 74.4 cm³/mol. The maximum Gasteiger partial charge on any atom is 0.228 e. The number of amides is 1. The molecule has 2 N–H and O–H groups in total. The maximum atomic E-state index is 12.7. The van der Waals surface area contributed by atoms with E-state index in [1.54, 1.807) is 11.1 Å². The SMILES string of the molecule is CN(Cc1cn[nH]c1)C(=O)C(C)(C)C1CCCNC1. The highest BCUT2D eigenvalue weighted by molar-refractivity contribution is 5.82. The summed E-state index contributed by atoms with van der Waals surface area (Å²) in [6.07, 6.45) is 5.88. The highest BCUT2D eigenvalue weighted by Crippen LogP contribution is 2.33. The fourth-order valence-electron chi connectivity index (χ4n) is 2.84. The Hall–Kier alpha value is -1.36. The fourth-order valence-corrected chi connectivity index (χ4v) is 2.84. The molecule has 0 aromatic carbocycles. The van der Waals surface area contributed by atoms with Crippen LogP contribution in [0.1, 0.15) is 32.3 Å². The average molecular weight is 264 g/mol. The van der Waals surface area contributed by atoms with E-state index in [1.165, 1.54) is 0 Å². The number of carbonyl (C=O) groups is 1. The quantitative estimate of drug-likeness (QED) is 0.864. The van der Waals surface area contributed by atoms with Gasteiger partial charge in [0, 0.05) is 30.8 Å². The lowest BCUT2D eigenvalue weighted by Crippen LogP contribution is -2.47. The maximum absolute atomic E-state index is 12.7. The van der Waals surface area contributed by atoms with Crippen molar-refractivity contribution in [3.05, 3.63) is 18.0 Å². The minimum atomic E-state index is -0.314. The van der Waals surface area contributed by atoms with Crippen molar-refractivity contribution in [2.75, 3.05) is 20.1 Å². The molecule has 2 rings (SSSR count). The first-order valence-corrected chi connectivity index (χ1v) is 6.95. The summed E-state index contributed by atoms with van der Waals surface area (Å²) in [6, 6.07) is 0. The van der Waals surface area contributed by atoms with Crippen LogP contribution in [0, 0.1) is 11.3 Å². The van der Waals surface area contributed by atoms with E-state index < -0.39 is 0 Å². The Bertz CT molecular complexity index is 407. The van der Waals surface area contributed by atoms with Gasteiger partial charge in [0.05, 0.1) is 6.20 Å². The molecule has 0 radical (unpaired) electrons. The number of nitrogens with one attached hydrogen (secondary N) is 2. The number of aromatic nitrogens is 2. The lowest BCUT2D eigenvalue weighted by molar-refractivity contribution is -0.143. The second kappa shape index (κ2) is 5.74. The summed E-state index contributed by atoms with van der Waals surface area (Å²) >= 11 is 0. The molecule has 0 spiro atoms. The standard InChI is InChI=1S/C14H24N4O/c1-14(2,12-5-4-6-15-9-12)13(19)18(3)10-11-7-16-17-8-11/h7-8,12,15H,4-6,9-10H2,1-3H3,(H,16,17).